The molecule has 2 aromatic rings. The molecule has 0 aliphatic carbocycles. The molecule has 20 heavy (non-hydrogen) atoms. The Balaban J connectivity index is 2.32. The second-order valence-corrected chi connectivity index (χ2v) is 4.41. The van der Waals surface area contributed by atoms with Crippen LogP contribution in [0.5, 0.6) is 0 Å². The van der Waals surface area contributed by atoms with Crippen LogP contribution in [0.1, 0.15) is 20.7 Å². The molecular formula is C15H9NO4. The third-order valence-corrected chi connectivity index (χ3v) is 3.29. The molecule has 0 spiro atoms. The van der Waals surface area contributed by atoms with Crippen molar-refractivity contribution in [1.29, 1.82) is 0 Å². The second kappa shape index (κ2) is 4.03. The van der Waals surface area contributed by atoms with Gasteiger partial charge in [0.2, 0.25) is 0 Å². The van der Waals surface area contributed by atoms with Crippen LogP contribution in [-0.2, 0) is 4.79 Å². The Morgan fingerprint density at radius 1 is 1.00 bits per heavy atom. The molecule has 0 saturated heterocycles. The van der Waals surface area contributed by atoms with Crippen LogP contribution in [0.4, 0.5) is 0 Å². The lowest BCUT2D eigenvalue weighted by Gasteiger charge is -2.26. The van der Waals surface area contributed by atoms with Gasteiger partial charge in [0, 0.05) is 16.5 Å². The summed E-state index contributed by atoms with van der Waals surface area (Å²) in [4.78, 5) is 36.3. The number of hydrogen-bond acceptors (Lipinski definition) is 3. The summed E-state index contributed by atoms with van der Waals surface area (Å²) in [5.41, 5.74) is 0.0618. The zero-order chi connectivity index (χ0) is 14.4. The van der Waals surface area contributed by atoms with Crippen molar-refractivity contribution in [2.45, 2.75) is 0 Å². The summed E-state index contributed by atoms with van der Waals surface area (Å²) in [6, 6.07) is 10.1. The number of hydrogen-bond donors (Lipinski definition) is 1. The first-order valence-electron chi connectivity index (χ1n) is 5.85. The number of carbonyl (C=O) groups is 3. The first-order valence-corrected chi connectivity index (χ1v) is 5.85. The molecule has 1 heterocycles. The average molecular weight is 267 g/mol. The molecule has 0 fully saturated rings. The normalized spacial score (nSPS) is 13.7. The maximum atomic E-state index is 12.3. The maximum absolute atomic E-state index is 12.3. The van der Waals surface area contributed by atoms with Gasteiger partial charge in [-0.1, -0.05) is 30.8 Å². The van der Waals surface area contributed by atoms with Gasteiger partial charge >= 0.3 is 5.97 Å². The molecule has 98 valence electrons. The van der Waals surface area contributed by atoms with Crippen LogP contribution in [0, 0.1) is 0 Å². The van der Waals surface area contributed by atoms with E-state index in [9.17, 15) is 14.4 Å². The Kier molecular flexibility index (Phi) is 2.44. The van der Waals surface area contributed by atoms with Gasteiger partial charge in [-0.05, 0) is 17.5 Å². The predicted octanol–water partition coefficient (Wildman–Crippen LogP) is 2.03. The van der Waals surface area contributed by atoms with Gasteiger partial charge in [-0.3, -0.25) is 9.59 Å². The van der Waals surface area contributed by atoms with Gasteiger partial charge in [-0.15, -0.1) is 0 Å². The first-order chi connectivity index (χ1) is 9.52. The maximum Gasteiger partial charge on any atom is 0.352 e. The third-order valence-electron chi connectivity index (χ3n) is 3.29. The summed E-state index contributed by atoms with van der Waals surface area (Å²) in [5, 5.41) is 10.3. The van der Waals surface area contributed by atoms with Gasteiger partial charge in [-0.25, -0.2) is 9.69 Å². The lowest BCUT2D eigenvalue weighted by Crippen LogP contribution is -2.41. The van der Waals surface area contributed by atoms with E-state index in [1.165, 1.54) is 0 Å². The van der Waals surface area contributed by atoms with Crippen molar-refractivity contribution in [1.82, 2.24) is 4.90 Å². The molecule has 0 atom stereocenters. The highest BCUT2D eigenvalue weighted by Crippen LogP contribution is 2.31. The van der Waals surface area contributed by atoms with Gasteiger partial charge in [0.25, 0.3) is 11.8 Å². The minimum absolute atomic E-state index is 0.306. The zero-order valence-corrected chi connectivity index (χ0v) is 10.3. The van der Waals surface area contributed by atoms with Gasteiger partial charge in [-0.2, -0.15) is 0 Å². The standard InChI is InChI=1S/C15H9NO4/c1-8(15(19)20)16-13(17)10-6-2-4-9-5-3-7-11(12(9)10)14(16)18/h2-7H,1H2,(H,19,20). The molecule has 0 aromatic heterocycles. The molecule has 5 heteroatoms. The van der Waals surface area contributed by atoms with Crippen molar-refractivity contribution in [2.24, 2.45) is 0 Å². The van der Waals surface area contributed by atoms with Crippen LogP contribution < -0.4 is 0 Å². The SMILES string of the molecule is C=C(C(=O)O)N1C(=O)c2cccc3cccc(c23)C1=O. The smallest absolute Gasteiger partial charge is 0.352 e. The topological polar surface area (TPSA) is 74.7 Å². The Hall–Kier alpha value is -2.95. The van der Waals surface area contributed by atoms with E-state index in [2.05, 4.69) is 6.58 Å². The van der Waals surface area contributed by atoms with Crippen LogP contribution >= 0.6 is 0 Å². The van der Waals surface area contributed by atoms with E-state index < -0.39 is 23.5 Å². The van der Waals surface area contributed by atoms with Crippen molar-refractivity contribution in [3.63, 3.8) is 0 Å². The van der Waals surface area contributed by atoms with E-state index in [-0.39, 0.29) is 0 Å². The average Bonchev–Trinajstić information content (AvgIpc) is 2.44. The Morgan fingerprint density at radius 2 is 1.50 bits per heavy atom. The molecule has 1 N–H and O–H groups in total. The summed E-state index contributed by atoms with van der Waals surface area (Å²) in [5.74, 6) is -2.73. The number of carboxylic acids is 1. The number of benzene rings is 2. The summed E-state index contributed by atoms with van der Waals surface area (Å²) in [6.45, 7) is 3.30. The lowest BCUT2D eigenvalue weighted by atomic mass is 9.94. The lowest BCUT2D eigenvalue weighted by molar-refractivity contribution is -0.133. The number of aliphatic carboxylic acids is 1. The number of imide groups is 1. The van der Waals surface area contributed by atoms with E-state index in [0.29, 0.717) is 21.4 Å². The van der Waals surface area contributed by atoms with Crippen molar-refractivity contribution in [2.75, 3.05) is 0 Å². The molecule has 0 unspecified atom stereocenters. The molecular weight excluding hydrogens is 258 g/mol. The summed E-state index contributed by atoms with van der Waals surface area (Å²) >= 11 is 0. The zero-order valence-electron chi connectivity index (χ0n) is 10.3. The van der Waals surface area contributed by atoms with Gasteiger partial charge < -0.3 is 5.11 Å². The molecule has 1 aliphatic rings. The summed E-state index contributed by atoms with van der Waals surface area (Å²) in [6.07, 6.45) is 0. The fraction of sp³-hybridized carbons (Fsp3) is 0. The Morgan fingerprint density at radius 3 is 1.95 bits per heavy atom. The van der Waals surface area contributed by atoms with Crippen molar-refractivity contribution in [3.05, 3.63) is 59.8 Å². The highest BCUT2D eigenvalue weighted by Gasteiger charge is 2.36. The van der Waals surface area contributed by atoms with Crippen LogP contribution in [0.3, 0.4) is 0 Å². The van der Waals surface area contributed by atoms with Gasteiger partial charge in [0.1, 0.15) is 5.70 Å². The molecule has 2 aromatic carbocycles. The fourth-order valence-electron chi connectivity index (χ4n) is 2.37. The molecule has 1 aliphatic heterocycles. The van der Waals surface area contributed by atoms with E-state index in [1.807, 2.05) is 0 Å². The molecule has 0 saturated carbocycles. The molecule has 0 radical (unpaired) electrons. The van der Waals surface area contributed by atoms with Crippen LogP contribution in [0.15, 0.2) is 48.7 Å². The number of nitrogens with zero attached hydrogens (tertiary/aromatic N) is 1. The predicted molar refractivity (Wildman–Crippen MR) is 71.2 cm³/mol. The van der Waals surface area contributed by atoms with Crippen molar-refractivity contribution in [3.8, 4) is 0 Å². The minimum atomic E-state index is -1.40. The Labute approximate surface area is 113 Å². The van der Waals surface area contributed by atoms with E-state index in [0.717, 1.165) is 5.39 Å². The largest absolute Gasteiger partial charge is 0.477 e. The van der Waals surface area contributed by atoms with Crippen LogP contribution in [0.25, 0.3) is 10.8 Å². The van der Waals surface area contributed by atoms with Crippen LogP contribution in [0.2, 0.25) is 0 Å². The minimum Gasteiger partial charge on any atom is -0.477 e. The van der Waals surface area contributed by atoms with Gasteiger partial charge in [0.05, 0.1) is 0 Å². The number of amides is 2. The van der Waals surface area contributed by atoms with E-state index in [4.69, 9.17) is 5.11 Å². The number of rotatable bonds is 2. The number of carbonyl (C=O) groups excluding carboxylic acids is 2. The first kappa shape index (κ1) is 12.1. The van der Waals surface area contributed by atoms with Crippen molar-refractivity contribution < 1.29 is 19.5 Å². The van der Waals surface area contributed by atoms with Crippen molar-refractivity contribution >= 4 is 28.6 Å². The third kappa shape index (κ3) is 1.46. The highest BCUT2D eigenvalue weighted by atomic mass is 16.4. The van der Waals surface area contributed by atoms with Crippen LogP contribution in [-0.4, -0.2) is 27.8 Å². The van der Waals surface area contributed by atoms with Gasteiger partial charge in [0.15, 0.2) is 0 Å². The Bertz CT molecular complexity index is 756. The fourth-order valence-corrected chi connectivity index (χ4v) is 2.37. The monoisotopic (exact) mass is 267 g/mol. The highest BCUT2D eigenvalue weighted by molar-refractivity contribution is 6.27. The van der Waals surface area contributed by atoms with E-state index >= 15 is 0 Å². The second-order valence-electron chi connectivity index (χ2n) is 4.41. The number of carboxylic acid groups (broad SMARTS) is 1. The summed E-state index contributed by atoms with van der Waals surface area (Å²) in [7, 11) is 0. The molecule has 3 rings (SSSR count). The molecule has 5 nitrogen and oxygen atoms in total. The quantitative estimate of drug-likeness (QED) is 0.667. The van der Waals surface area contributed by atoms with E-state index in [1.54, 1.807) is 36.4 Å². The molecule has 2 amide bonds. The molecule has 0 bridgehead atoms. The summed E-state index contributed by atoms with van der Waals surface area (Å²) < 4.78 is 0.